The van der Waals surface area contributed by atoms with Gasteiger partial charge in [-0.2, -0.15) is 0 Å². The molecule has 1 heterocycles. The van der Waals surface area contributed by atoms with E-state index in [4.69, 9.17) is 18.6 Å². The van der Waals surface area contributed by atoms with Gasteiger partial charge in [-0.05, 0) is 37.3 Å². The number of para-hydroxylation sites is 1. The molecule has 3 aromatic carbocycles. The molecule has 0 aliphatic carbocycles. The summed E-state index contributed by atoms with van der Waals surface area (Å²) in [6, 6.07) is 16.1. The first-order valence-electron chi connectivity index (χ1n) is 9.61. The van der Waals surface area contributed by atoms with Crippen LogP contribution in [-0.4, -0.2) is 32.5 Å². The highest BCUT2D eigenvalue weighted by Crippen LogP contribution is 2.36. The normalized spacial score (nSPS) is 10.8. The Hall–Kier alpha value is -4.00. The second-order valence-electron chi connectivity index (χ2n) is 6.90. The second-order valence-corrected chi connectivity index (χ2v) is 6.90. The number of ketones is 1. The van der Waals surface area contributed by atoms with Gasteiger partial charge in [-0.3, -0.25) is 9.59 Å². The molecule has 0 aliphatic heterocycles. The molecule has 0 atom stereocenters. The van der Waals surface area contributed by atoms with Gasteiger partial charge in [0, 0.05) is 16.8 Å². The second kappa shape index (κ2) is 8.39. The lowest BCUT2D eigenvalue weighted by atomic mass is 10.1. The molecule has 0 spiro atoms. The minimum Gasteiger partial charge on any atom is -0.497 e. The molecule has 158 valence electrons. The third-order valence-electron chi connectivity index (χ3n) is 4.90. The number of anilines is 1. The van der Waals surface area contributed by atoms with Crippen molar-refractivity contribution in [2.75, 3.05) is 26.1 Å². The summed E-state index contributed by atoms with van der Waals surface area (Å²) in [5.74, 6) is 0.751. The fraction of sp³-hybridized carbons (Fsp3) is 0.167. The Morgan fingerprint density at radius 1 is 0.903 bits per heavy atom. The Balaban J connectivity index is 1.55. The molecular formula is C24H21NO6. The van der Waals surface area contributed by atoms with Crippen molar-refractivity contribution < 1.29 is 28.2 Å². The summed E-state index contributed by atoms with van der Waals surface area (Å²) in [4.78, 5) is 24.4. The van der Waals surface area contributed by atoms with E-state index in [2.05, 4.69) is 5.32 Å². The molecular weight excluding hydrogens is 398 g/mol. The molecule has 31 heavy (non-hydrogen) atoms. The lowest BCUT2D eigenvalue weighted by molar-refractivity contribution is -0.118. The van der Waals surface area contributed by atoms with Crippen LogP contribution in [-0.2, 0) is 4.79 Å². The maximum absolute atomic E-state index is 12.5. The highest BCUT2D eigenvalue weighted by molar-refractivity contribution is 6.07. The molecule has 1 N–H and O–H groups in total. The van der Waals surface area contributed by atoms with Crippen LogP contribution in [0.15, 0.2) is 59.0 Å². The molecule has 0 fully saturated rings. The molecule has 4 aromatic rings. The van der Waals surface area contributed by atoms with Gasteiger partial charge >= 0.3 is 0 Å². The van der Waals surface area contributed by atoms with Crippen LogP contribution < -0.4 is 19.5 Å². The quantitative estimate of drug-likeness (QED) is 0.432. The van der Waals surface area contributed by atoms with Gasteiger partial charge < -0.3 is 23.9 Å². The third-order valence-corrected chi connectivity index (χ3v) is 4.90. The largest absolute Gasteiger partial charge is 0.497 e. The fourth-order valence-electron chi connectivity index (χ4n) is 3.38. The SMILES string of the molecule is COc1ccc(OCC(=O)Nc2cc3oc4ccccc4c3cc2OC)c(C(C)=O)c1. The van der Waals surface area contributed by atoms with Gasteiger partial charge in [0.15, 0.2) is 12.4 Å². The third kappa shape index (κ3) is 4.02. The van der Waals surface area contributed by atoms with E-state index >= 15 is 0 Å². The molecule has 0 radical (unpaired) electrons. The number of benzene rings is 3. The van der Waals surface area contributed by atoms with Crippen LogP contribution >= 0.6 is 0 Å². The summed E-state index contributed by atoms with van der Waals surface area (Å²) in [6.45, 7) is 1.14. The van der Waals surface area contributed by atoms with E-state index in [9.17, 15) is 9.59 Å². The van der Waals surface area contributed by atoms with E-state index in [0.29, 0.717) is 34.1 Å². The predicted octanol–water partition coefficient (Wildman–Crippen LogP) is 4.82. The van der Waals surface area contributed by atoms with Crippen molar-refractivity contribution in [3.05, 3.63) is 60.2 Å². The molecule has 1 aromatic heterocycles. The number of ether oxygens (including phenoxy) is 3. The van der Waals surface area contributed by atoms with Crippen LogP contribution in [0.5, 0.6) is 17.2 Å². The minimum atomic E-state index is -0.404. The number of furan rings is 1. The Bertz CT molecular complexity index is 1290. The number of Topliss-reactive ketones (excluding diaryl/α,β-unsaturated/α-hetero) is 1. The Morgan fingerprint density at radius 2 is 1.71 bits per heavy atom. The number of carbonyl (C=O) groups is 2. The van der Waals surface area contributed by atoms with Gasteiger partial charge in [0.25, 0.3) is 5.91 Å². The van der Waals surface area contributed by atoms with Crippen LogP contribution in [0.2, 0.25) is 0 Å². The van der Waals surface area contributed by atoms with Gasteiger partial charge in [0.05, 0.1) is 25.5 Å². The zero-order valence-electron chi connectivity index (χ0n) is 17.4. The van der Waals surface area contributed by atoms with Crippen LogP contribution in [0.4, 0.5) is 5.69 Å². The molecule has 0 unspecified atom stereocenters. The topological polar surface area (TPSA) is 87.0 Å². The van der Waals surface area contributed by atoms with Crippen molar-refractivity contribution in [1.82, 2.24) is 0 Å². The average Bonchev–Trinajstić information content (AvgIpc) is 3.14. The zero-order chi connectivity index (χ0) is 22.0. The standard InChI is InChI=1S/C24H21NO6/c1-14(26)17-10-15(28-2)8-9-20(17)30-13-24(27)25-19-12-22-18(11-23(19)29-3)16-6-4-5-7-21(16)31-22/h4-12H,13H2,1-3H3,(H,25,27). The summed E-state index contributed by atoms with van der Waals surface area (Å²) in [7, 11) is 3.05. The molecule has 4 rings (SSSR count). The van der Waals surface area contributed by atoms with Crippen molar-refractivity contribution in [3.63, 3.8) is 0 Å². The molecule has 7 heteroatoms. The first-order chi connectivity index (χ1) is 15.0. The summed E-state index contributed by atoms with van der Waals surface area (Å²) < 4.78 is 22.1. The van der Waals surface area contributed by atoms with Gasteiger partial charge in [-0.15, -0.1) is 0 Å². The summed E-state index contributed by atoms with van der Waals surface area (Å²) in [5.41, 5.74) is 2.19. The number of hydrogen-bond donors (Lipinski definition) is 1. The summed E-state index contributed by atoms with van der Waals surface area (Å²) in [6.07, 6.45) is 0. The Labute approximate surface area is 178 Å². The van der Waals surface area contributed by atoms with E-state index in [-0.39, 0.29) is 12.4 Å². The first-order valence-corrected chi connectivity index (χ1v) is 9.61. The molecule has 1 amide bonds. The zero-order valence-corrected chi connectivity index (χ0v) is 17.4. The average molecular weight is 419 g/mol. The van der Waals surface area contributed by atoms with E-state index in [1.807, 2.05) is 30.3 Å². The predicted molar refractivity (Wildman–Crippen MR) is 117 cm³/mol. The number of rotatable bonds is 7. The van der Waals surface area contributed by atoms with Crippen molar-refractivity contribution in [3.8, 4) is 17.2 Å². The lowest BCUT2D eigenvalue weighted by Gasteiger charge is -2.13. The van der Waals surface area contributed by atoms with E-state index < -0.39 is 5.91 Å². The summed E-state index contributed by atoms with van der Waals surface area (Å²) in [5, 5.41) is 4.64. The van der Waals surface area contributed by atoms with E-state index in [1.54, 1.807) is 24.3 Å². The molecule has 0 aliphatic rings. The van der Waals surface area contributed by atoms with Crippen molar-refractivity contribution in [2.45, 2.75) is 6.92 Å². The summed E-state index contributed by atoms with van der Waals surface area (Å²) >= 11 is 0. The lowest BCUT2D eigenvalue weighted by Crippen LogP contribution is -2.21. The number of hydrogen-bond acceptors (Lipinski definition) is 6. The molecule has 0 saturated heterocycles. The minimum absolute atomic E-state index is 0.189. The number of amides is 1. The first kappa shape index (κ1) is 20.3. The smallest absolute Gasteiger partial charge is 0.262 e. The van der Waals surface area contributed by atoms with Crippen molar-refractivity contribution >= 4 is 39.3 Å². The van der Waals surface area contributed by atoms with Gasteiger partial charge in [0.1, 0.15) is 28.4 Å². The van der Waals surface area contributed by atoms with Crippen LogP contribution in [0.1, 0.15) is 17.3 Å². The monoisotopic (exact) mass is 419 g/mol. The van der Waals surface area contributed by atoms with Crippen LogP contribution in [0, 0.1) is 0 Å². The number of fused-ring (bicyclic) bond motifs is 3. The maximum atomic E-state index is 12.5. The Morgan fingerprint density at radius 3 is 2.45 bits per heavy atom. The highest BCUT2D eigenvalue weighted by Gasteiger charge is 2.16. The maximum Gasteiger partial charge on any atom is 0.262 e. The molecule has 7 nitrogen and oxygen atoms in total. The fourth-order valence-corrected chi connectivity index (χ4v) is 3.38. The van der Waals surface area contributed by atoms with Crippen LogP contribution in [0.3, 0.4) is 0 Å². The number of nitrogens with one attached hydrogen (secondary N) is 1. The molecule has 0 bridgehead atoms. The van der Waals surface area contributed by atoms with E-state index in [0.717, 1.165) is 16.4 Å². The van der Waals surface area contributed by atoms with Gasteiger partial charge in [0.2, 0.25) is 0 Å². The molecule has 0 saturated carbocycles. The number of methoxy groups -OCH3 is 2. The van der Waals surface area contributed by atoms with Crippen molar-refractivity contribution in [1.29, 1.82) is 0 Å². The van der Waals surface area contributed by atoms with Gasteiger partial charge in [-0.25, -0.2) is 0 Å². The van der Waals surface area contributed by atoms with Crippen LogP contribution in [0.25, 0.3) is 21.9 Å². The number of carbonyl (C=O) groups excluding carboxylic acids is 2. The highest BCUT2D eigenvalue weighted by atomic mass is 16.5. The van der Waals surface area contributed by atoms with Crippen molar-refractivity contribution in [2.24, 2.45) is 0 Å². The van der Waals surface area contributed by atoms with E-state index in [1.165, 1.54) is 21.1 Å². The Kier molecular flexibility index (Phi) is 5.49. The van der Waals surface area contributed by atoms with Gasteiger partial charge in [-0.1, -0.05) is 18.2 Å².